The van der Waals surface area contributed by atoms with Gasteiger partial charge in [-0.25, -0.2) is 0 Å². The van der Waals surface area contributed by atoms with Crippen LogP contribution in [0.25, 0.3) is 0 Å². The highest BCUT2D eigenvalue weighted by Crippen LogP contribution is 2.42. The van der Waals surface area contributed by atoms with Gasteiger partial charge in [-0.2, -0.15) is 0 Å². The van der Waals surface area contributed by atoms with Gasteiger partial charge >= 0.3 is 0 Å². The van der Waals surface area contributed by atoms with E-state index in [1.165, 1.54) is 116 Å². The van der Waals surface area contributed by atoms with E-state index in [4.69, 9.17) is 0 Å². The third-order valence-corrected chi connectivity index (χ3v) is 10.4. The zero-order chi connectivity index (χ0) is 27.5. The predicted molar refractivity (Wildman–Crippen MR) is 162 cm³/mol. The van der Waals surface area contributed by atoms with E-state index in [9.17, 15) is 15.0 Å². The first-order valence-corrected chi connectivity index (χ1v) is 17.4. The maximum absolute atomic E-state index is 12.1. The predicted octanol–water partition coefficient (Wildman–Crippen LogP) is 7.49. The molecular formula is C34H64N2O3. The first-order valence-electron chi connectivity index (χ1n) is 17.4. The fourth-order valence-corrected chi connectivity index (χ4v) is 8.14. The molecule has 5 atom stereocenters. The second-order valence-electron chi connectivity index (χ2n) is 13.7. The molecule has 1 heterocycles. The summed E-state index contributed by atoms with van der Waals surface area (Å²) in [6.07, 6.45) is 28.9. The lowest BCUT2D eigenvalue weighted by atomic mass is 9.69. The molecule has 0 spiro atoms. The summed E-state index contributed by atoms with van der Waals surface area (Å²) in [6, 6.07) is 0. The minimum atomic E-state index is -1.13. The van der Waals surface area contributed by atoms with Gasteiger partial charge in [0, 0.05) is 13.0 Å². The highest BCUT2D eigenvalue weighted by molar-refractivity contribution is 5.75. The van der Waals surface area contributed by atoms with Crippen molar-refractivity contribution < 1.29 is 15.0 Å². The van der Waals surface area contributed by atoms with Crippen LogP contribution in [0.4, 0.5) is 0 Å². The van der Waals surface area contributed by atoms with Gasteiger partial charge in [-0.05, 0) is 100 Å². The SMILES string of the molecule is O=C1CCCCCNCCCCC2CCC(CCCC(O)O)CC2CCCCC2CCCC(CCCCN1)C2. The second-order valence-corrected chi connectivity index (χ2v) is 13.7. The summed E-state index contributed by atoms with van der Waals surface area (Å²) in [4.78, 5) is 12.1. The first kappa shape index (κ1) is 32.9. The molecule has 1 saturated heterocycles. The van der Waals surface area contributed by atoms with Crippen LogP contribution in [0, 0.1) is 29.6 Å². The van der Waals surface area contributed by atoms with E-state index in [1.807, 2.05) is 0 Å². The fraction of sp³-hybridized carbons (Fsp3) is 0.971. The molecule has 228 valence electrons. The van der Waals surface area contributed by atoms with Gasteiger partial charge in [0.1, 0.15) is 0 Å². The van der Waals surface area contributed by atoms with Gasteiger partial charge in [-0.3, -0.25) is 4.79 Å². The standard InChI is InChI=1S/C34H64N2O3/c37-33-19-2-1-7-23-35-24-8-6-17-31-22-21-30(16-11-20-34(38)39)27-32(31)18-4-3-12-28-14-10-15-29(26-28)13-5-9-25-36-33/h28-32,34-35,38-39H,1-27H2,(H,36,37). The van der Waals surface area contributed by atoms with Crippen molar-refractivity contribution in [1.29, 1.82) is 0 Å². The van der Waals surface area contributed by atoms with E-state index in [0.717, 1.165) is 74.9 Å². The Labute approximate surface area is 241 Å². The number of nitrogens with one attached hydrogen (secondary N) is 2. The van der Waals surface area contributed by atoms with Crippen LogP contribution >= 0.6 is 0 Å². The molecule has 2 bridgehead atoms. The maximum Gasteiger partial charge on any atom is 0.219 e. The molecular weight excluding hydrogens is 484 g/mol. The van der Waals surface area contributed by atoms with Crippen molar-refractivity contribution in [2.75, 3.05) is 19.6 Å². The molecule has 5 nitrogen and oxygen atoms in total. The lowest BCUT2D eigenvalue weighted by Gasteiger charge is -2.37. The average molecular weight is 549 g/mol. The summed E-state index contributed by atoms with van der Waals surface area (Å²) < 4.78 is 0. The van der Waals surface area contributed by atoms with Crippen LogP contribution in [-0.4, -0.2) is 42.0 Å². The monoisotopic (exact) mass is 548 g/mol. The molecule has 2 aliphatic carbocycles. The van der Waals surface area contributed by atoms with E-state index in [2.05, 4.69) is 10.6 Å². The Morgan fingerprint density at radius 3 is 2.08 bits per heavy atom. The van der Waals surface area contributed by atoms with Crippen LogP contribution in [-0.2, 0) is 4.79 Å². The van der Waals surface area contributed by atoms with Crippen LogP contribution < -0.4 is 10.6 Å². The van der Waals surface area contributed by atoms with Crippen molar-refractivity contribution in [2.24, 2.45) is 29.6 Å². The third-order valence-electron chi connectivity index (χ3n) is 10.4. The summed E-state index contributed by atoms with van der Waals surface area (Å²) in [5, 5.41) is 25.3. The number of rotatable bonds is 4. The molecule has 0 aromatic carbocycles. The average Bonchev–Trinajstić information content (AvgIpc) is 2.92. The molecule has 5 heteroatoms. The molecule has 3 rings (SSSR count). The largest absolute Gasteiger partial charge is 0.368 e. The van der Waals surface area contributed by atoms with Gasteiger partial charge in [0.05, 0.1) is 0 Å². The molecule has 0 aromatic heterocycles. The molecule has 5 unspecified atom stereocenters. The van der Waals surface area contributed by atoms with Gasteiger partial charge in [-0.1, -0.05) is 89.9 Å². The number of aliphatic hydroxyl groups excluding tert-OH is 1. The molecule has 4 N–H and O–H groups in total. The second kappa shape index (κ2) is 20.3. The highest BCUT2D eigenvalue weighted by Gasteiger charge is 2.30. The van der Waals surface area contributed by atoms with E-state index < -0.39 is 6.29 Å². The van der Waals surface area contributed by atoms with Gasteiger partial charge < -0.3 is 20.8 Å². The number of carbonyl (C=O) groups is 1. The molecule has 39 heavy (non-hydrogen) atoms. The van der Waals surface area contributed by atoms with Crippen molar-refractivity contribution in [3.63, 3.8) is 0 Å². The van der Waals surface area contributed by atoms with Gasteiger partial charge in [0.25, 0.3) is 0 Å². The Morgan fingerprint density at radius 1 is 0.641 bits per heavy atom. The topological polar surface area (TPSA) is 81.6 Å². The van der Waals surface area contributed by atoms with Crippen molar-refractivity contribution in [3.8, 4) is 0 Å². The van der Waals surface area contributed by atoms with Crippen molar-refractivity contribution in [3.05, 3.63) is 0 Å². The van der Waals surface area contributed by atoms with Gasteiger partial charge in [0.15, 0.2) is 6.29 Å². The molecule has 0 radical (unpaired) electrons. The summed E-state index contributed by atoms with van der Waals surface area (Å²) in [7, 11) is 0. The minimum Gasteiger partial charge on any atom is -0.368 e. The quantitative estimate of drug-likeness (QED) is 0.274. The van der Waals surface area contributed by atoms with Crippen LogP contribution in [0.3, 0.4) is 0 Å². The molecule has 1 aliphatic heterocycles. The Balaban J connectivity index is 1.46. The normalized spacial score (nSPS) is 32.4. The molecule has 0 aromatic rings. The van der Waals surface area contributed by atoms with Crippen molar-refractivity contribution in [2.45, 2.75) is 160 Å². The van der Waals surface area contributed by atoms with Crippen LogP contribution in [0.5, 0.6) is 0 Å². The molecule has 2 saturated carbocycles. The molecule has 3 aliphatic rings. The summed E-state index contributed by atoms with van der Waals surface area (Å²) in [5.74, 6) is 4.72. The maximum atomic E-state index is 12.1. The third kappa shape index (κ3) is 14.7. The smallest absolute Gasteiger partial charge is 0.219 e. The minimum absolute atomic E-state index is 0.252. The van der Waals surface area contributed by atoms with E-state index >= 15 is 0 Å². The van der Waals surface area contributed by atoms with Crippen molar-refractivity contribution >= 4 is 5.91 Å². The number of carbonyl (C=O) groups excluding carboxylic acids is 1. The Bertz CT molecular complexity index is 628. The molecule has 3 fully saturated rings. The lowest BCUT2D eigenvalue weighted by molar-refractivity contribution is -0.121. The van der Waals surface area contributed by atoms with E-state index in [0.29, 0.717) is 12.8 Å². The molecule has 1 amide bonds. The van der Waals surface area contributed by atoms with Gasteiger partial charge in [-0.15, -0.1) is 0 Å². The van der Waals surface area contributed by atoms with E-state index in [-0.39, 0.29) is 5.91 Å². The number of hydrogen-bond donors (Lipinski definition) is 4. The number of amides is 1. The van der Waals surface area contributed by atoms with Gasteiger partial charge in [0.2, 0.25) is 5.91 Å². The number of hydrogen-bond acceptors (Lipinski definition) is 4. The lowest BCUT2D eigenvalue weighted by Crippen LogP contribution is -2.26. The first-order chi connectivity index (χ1) is 19.1. The number of aliphatic hydroxyl groups is 2. The zero-order valence-corrected chi connectivity index (χ0v) is 25.4. The highest BCUT2D eigenvalue weighted by atomic mass is 16.5. The fourth-order valence-electron chi connectivity index (χ4n) is 8.14. The Kier molecular flexibility index (Phi) is 17.1. The van der Waals surface area contributed by atoms with E-state index in [1.54, 1.807) is 0 Å². The zero-order valence-electron chi connectivity index (χ0n) is 25.4. The Hall–Kier alpha value is -0.650. The summed E-state index contributed by atoms with van der Waals surface area (Å²) in [5.41, 5.74) is 0. The summed E-state index contributed by atoms with van der Waals surface area (Å²) >= 11 is 0. The van der Waals surface area contributed by atoms with Crippen molar-refractivity contribution in [1.82, 2.24) is 10.6 Å². The summed E-state index contributed by atoms with van der Waals surface area (Å²) in [6.45, 7) is 3.08. The van der Waals surface area contributed by atoms with Crippen LogP contribution in [0.1, 0.15) is 154 Å². The number of fused-ring (bicyclic) bond motifs is 3. The van der Waals surface area contributed by atoms with Crippen LogP contribution in [0.2, 0.25) is 0 Å². The van der Waals surface area contributed by atoms with Crippen LogP contribution in [0.15, 0.2) is 0 Å². The Morgan fingerprint density at radius 2 is 1.28 bits per heavy atom.